The van der Waals surface area contributed by atoms with E-state index in [-0.39, 0.29) is 0 Å². The van der Waals surface area contributed by atoms with Gasteiger partial charge in [0.2, 0.25) is 0 Å². The fourth-order valence-corrected chi connectivity index (χ4v) is 4.68. The highest BCUT2D eigenvalue weighted by Gasteiger charge is 2.25. The van der Waals surface area contributed by atoms with Gasteiger partial charge in [-0.1, -0.05) is 71.3 Å². The van der Waals surface area contributed by atoms with Gasteiger partial charge in [0.1, 0.15) is 5.75 Å². The summed E-state index contributed by atoms with van der Waals surface area (Å²) < 4.78 is 24.7. The monoisotopic (exact) mass is 382 g/mol. The molecule has 0 N–H and O–H groups in total. The van der Waals surface area contributed by atoms with Crippen LogP contribution in [0.25, 0.3) is 0 Å². The van der Waals surface area contributed by atoms with E-state index in [9.17, 15) is 4.57 Å². The molecule has 0 heterocycles. The van der Waals surface area contributed by atoms with E-state index >= 15 is 0 Å². The van der Waals surface area contributed by atoms with Gasteiger partial charge in [0.15, 0.2) is 0 Å². The second kappa shape index (κ2) is 13.4. The highest BCUT2D eigenvalue weighted by atomic mass is 31.2. The minimum atomic E-state index is -3.06. The Bertz CT molecular complexity index is 542. The number of hydrogen-bond donors (Lipinski definition) is 0. The van der Waals surface area contributed by atoms with Gasteiger partial charge in [-0.25, -0.2) is 4.57 Å². The van der Waals surface area contributed by atoms with Crippen molar-refractivity contribution in [1.82, 2.24) is 0 Å². The third-order valence-corrected chi connectivity index (χ3v) is 6.72. The van der Waals surface area contributed by atoms with Gasteiger partial charge in [0.05, 0.1) is 12.8 Å². The quantitative estimate of drug-likeness (QED) is 0.229. The van der Waals surface area contributed by atoms with Gasteiger partial charge in [0.25, 0.3) is 0 Å². The van der Waals surface area contributed by atoms with Crippen LogP contribution in [0.15, 0.2) is 18.2 Å². The molecule has 0 aliphatic carbocycles. The van der Waals surface area contributed by atoms with Crippen molar-refractivity contribution >= 4 is 7.60 Å². The van der Waals surface area contributed by atoms with Gasteiger partial charge in [-0.15, -0.1) is 0 Å². The standard InChI is InChI=1S/C22H39O3P/c1-5-7-9-10-11-12-13-14-17-24-26(23,18-8-6-2)25-22-16-15-20(3)21(4)19-22/h15-16,19H,5-14,17-18H2,1-4H3. The molecule has 1 unspecified atom stereocenters. The van der Waals surface area contributed by atoms with Crippen LogP contribution in [0.4, 0.5) is 0 Å². The summed E-state index contributed by atoms with van der Waals surface area (Å²) in [5.41, 5.74) is 2.35. The van der Waals surface area contributed by atoms with Crippen molar-refractivity contribution in [2.24, 2.45) is 0 Å². The second-order valence-electron chi connectivity index (χ2n) is 7.33. The highest BCUT2D eigenvalue weighted by molar-refractivity contribution is 7.54. The lowest BCUT2D eigenvalue weighted by atomic mass is 10.1. The maximum Gasteiger partial charge on any atom is 0.379 e. The van der Waals surface area contributed by atoms with Crippen LogP contribution in [0.5, 0.6) is 5.75 Å². The molecule has 4 heteroatoms. The first-order valence-corrected chi connectivity index (χ1v) is 12.2. The summed E-state index contributed by atoms with van der Waals surface area (Å²) in [6, 6.07) is 5.85. The predicted octanol–water partition coefficient (Wildman–Crippen LogP) is 7.83. The fourth-order valence-electron chi connectivity index (χ4n) is 2.86. The van der Waals surface area contributed by atoms with Gasteiger partial charge >= 0.3 is 7.60 Å². The van der Waals surface area contributed by atoms with Crippen molar-refractivity contribution in [3.8, 4) is 5.75 Å². The van der Waals surface area contributed by atoms with Crippen LogP contribution in [0.2, 0.25) is 0 Å². The predicted molar refractivity (Wildman–Crippen MR) is 112 cm³/mol. The Morgan fingerprint density at radius 2 is 1.42 bits per heavy atom. The number of benzene rings is 1. The summed E-state index contributed by atoms with van der Waals surface area (Å²) in [7, 11) is -3.06. The topological polar surface area (TPSA) is 35.5 Å². The first kappa shape index (κ1) is 23.2. The van der Waals surface area contributed by atoms with Crippen LogP contribution in [-0.2, 0) is 9.09 Å². The summed E-state index contributed by atoms with van der Waals surface area (Å²) in [5, 5.41) is 0. The van der Waals surface area contributed by atoms with Gasteiger partial charge in [-0.05, 0) is 49.9 Å². The Kier molecular flexibility index (Phi) is 12.0. The van der Waals surface area contributed by atoms with Crippen molar-refractivity contribution in [1.29, 1.82) is 0 Å². The van der Waals surface area contributed by atoms with Crippen LogP contribution in [0.1, 0.15) is 89.2 Å². The number of unbranched alkanes of at least 4 members (excludes halogenated alkanes) is 8. The minimum Gasteiger partial charge on any atom is -0.424 e. The molecular weight excluding hydrogens is 343 g/mol. The molecule has 0 spiro atoms. The molecule has 1 rings (SSSR count). The molecule has 0 saturated heterocycles. The summed E-state index contributed by atoms with van der Waals surface area (Å²) >= 11 is 0. The Hall–Kier alpha value is -0.790. The minimum absolute atomic E-state index is 0.493. The summed E-state index contributed by atoms with van der Waals surface area (Å²) in [5.74, 6) is 0.656. The lowest BCUT2D eigenvalue weighted by Crippen LogP contribution is -2.04. The van der Waals surface area contributed by atoms with Crippen LogP contribution in [0, 0.1) is 13.8 Å². The Morgan fingerprint density at radius 3 is 2.04 bits per heavy atom. The average molecular weight is 383 g/mol. The zero-order chi connectivity index (χ0) is 19.3. The van der Waals surface area contributed by atoms with Crippen LogP contribution in [0.3, 0.4) is 0 Å². The van der Waals surface area contributed by atoms with Crippen molar-refractivity contribution in [2.45, 2.75) is 91.9 Å². The van der Waals surface area contributed by atoms with Crippen LogP contribution in [-0.4, -0.2) is 12.8 Å². The van der Waals surface area contributed by atoms with E-state index < -0.39 is 7.60 Å². The van der Waals surface area contributed by atoms with Crippen LogP contribution < -0.4 is 4.52 Å². The molecule has 150 valence electrons. The molecule has 0 aliphatic rings. The maximum absolute atomic E-state index is 13.1. The molecule has 0 amide bonds. The summed E-state index contributed by atoms with van der Waals surface area (Å²) in [4.78, 5) is 0. The first-order valence-electron chi connectivity index (χ1n) is 10.5. The molecular formula is C22H39O3P. The third kappa shape index (κ3) is 9.78. The van der Waals surface area contributed by atoms with Crippen molar-refractivity contribution in [2.75, 3.05) is 12.8 Å². The molecule has 1 aromatic carbocycles. The average Bonchev–Trinajstić information content (AvgIpc) is 2.62. The molecule has 26 heavy (non-hydrogen) atoms. The summed E-state index contributed by atoms with van der Waals surface area (Å²) in [6.07, 6.45) is 12.3. The molecule has 0 saturated carbocycles. The molecule has 0 aromatic heterocycles. The van der Waals surface area contributed by atoms with Crippen molar-refractivity contribution in [3.05, 3.63) is 29.3 Å². The Morgan fingerprint density at radius 1 is 0.808 bits per heavy atom. The maximum atomic E-state index is 13.1. The van der Waals surface area contributed by atoms with E-state index in [0.29, 0.717) is 18.5 Å². The van der Waals surface area contributed by atoms with Crippen molar-refractivity contribution < 1.29 is 13.6 Å². The lowest BCUT2D eigenvalue weighted by Gasteiger charge is -2.20. The first-order chi connectivity index (χ1) is 12.5. The smallest absolute Gasteiger partial charge is 0.379 e. The number of hydrogen-bond acceptors (Lipinski definition) is 3. The molecule has 0 bridgehead atoms. The number of rotatable bonds is 15. The zero-order valence-electron chi connectivity index (χ0n) is 17.4. The van der Waals surface area contributed by atoms with E-state index in [0.717, 1.165) is 31.2 Å². The Balaban J connectivity index is 2.39. The number of aryl methyl sites for hydroxylation is 2. The largest absolute Gasteiger partial charge is 0.424 e. The lowest BCUT2D eigenvalue weighted by molar-refractivity contribution is 0.257. The molecule has 1 aromatic rings. The summed E-state index contributed by atoms with van der Waals surface area (Å²) in [6.45, 7) is 8.98. The third-order valence-electron chi connectivity index (χ3n) is 4.79. The van der Waals surface area contributed by atoms with E-state index in [4.69, 9.17) is 9.05 Å². The zero-order valence-corrected chi connectivity index (χ0v) is 18.3. The van der Waals surface area contributed by atoms with Gasteiger partial charge in [-0.2, -0.15) is 0 Å². The molecule has 0 aliphatic heterocycles. The SMILES string of the molecule is CCCCCCCCCCOP(=O)(CCCC)Oc1ccc(C)c(C)c1. The normalized spacial score (nSPS) is 13.5. The van der Waals surface area contributed by atoms with E-state index in [2.05, 4.69) is 20.8 Å². The van der Waals surface area contributed by atoms with Crippen molar-refractivity contribution in [3.63, 3.8) is 0 Å². The Labute approximate surface area is 161 Å². The molecule has 3 nitrogen and oxygen atoms in total. The van der Waals surface area contributed by atoms with E-state index in [1.807, 2.05) is 25.1 Å². The van der Waals surface area contributed by atoms with Crippen LogP contribution >= 0.6 is 7.60 Å². The molecule has 1 atom stereocenters. The highest BCUT2D eigenvalue weighted by Crippen LogP contribution is 2.49. The van der Waals surface area contributed by atoms with Gasteiger partial charge < -0.3 is 4.52 Å². The molecule has 0 fully saturated rings. The van der Waals surface area contributed by atoms with Gasteiger partial charge in [0, 0.05) is 0 Å². The van der Waals surface area contributed by atoms with Gasteiger partial charge in [-0.3, -0.25) is 4.52 Å². The molecule has 0 radical (unpaired) electrons. The van der Waals surface area contributed by atoms with E-state index in [1.54, 1.807) is 0 Å². The van der Waals surface area contributed by atoms with E-state index in [1.165, 1.54) is 44.1 Å². The fraction of sp³-hybridized carbons (Fsp3) is 0.727. The second-order valence-corrected chi connectivity index (χ2v) is 9.44.